The fourth-order valence-electron chi connectivity index (χ4n) is 2.87. The van der Waals surface area contributed by atoms with Crippen LogP contribution in [0, 0.1) is 9.28 Å². The first kappa shape index (κ1) is 15.0. The van der Waals surface area contributed by atoms with Crippen LogP contribution in [0.15, 0.2) is 84.9 Å². The Morgan fingerprint density at radius 1 is 0.458 bits per heavy atom. The summed E-state index contributed by atoms with van der Waals surface area (Å²) in [6.45, 7) is 0. The van der Waals surface area contributed by atoms with Crippen LogP contribution < -0.4 is 0 Å². The molecule has 0 saturated heterocycles. The first-order valence-electron chi connectivity index (χ1n) is 7.65. The first-order chi connectivity index (χ1) is 11.8. The van der Waals surface area contributed by atoms with Gasteiger partial charge in [-0.3, -0.25) is 0 Å². The van der Waals surface area contributed by atoms with Crippen molar-refractivity contribution < 1.29 is 0 Å². The molecule has 0 atom stereocenters. The molecule has 0 fully saturated rings. The maximum absolute atomic E-state index is 5.82. The highest BCUT2D eigenvalue weighted by atomic mass is 32.1. The molecule has 0 amide bonds. The van der Waals surface area contributed by atoms with Gasteiger partial charge in [-0.05, 0) is 24.3 Å². The molecule has 4 heteroatoms. The maximum atomic E-state index is 5.82. The van der Waals surface area contributed by atoms with Crippen LogP contribution in [0.1, 0.15) is 0 Å². The van der Waals surface area contributed by atoms with Crippen molar-refractivity contribution in [2.75, 3.05) is 0 Å². The summed E-state index contributed by atoms with van der Waals surface area (Å²) >= 11 is 11.6. The molecule has 3 aromatic carbocycles. The fraction of sp³-hybridized carbons (Fsp3) is 0. The summed E-state index contributed by atoms with van der Waals surface area (Å²) in [5, 5.41) is 1.99. The Bertz CT molecular complexity index is 1040. The van der Waals surface area contributed by atoms with E-state index in [-0.39, 0.29) is 0 Å². The highest BCUT2D eigenvalue weighted by Gasteiger charge is 2.11. The van der Waals surface area contributed by atoms with E-state index in [1.54, 1.807) is 0 Å². The van der Waals surface area contributed by atoms with E-state index in [0.29, 0.717) is 0 Å². The predicted molar refractivity (Wildman–Crippen MR) is 104 cm³/mol. The van der Waals surface area contributed by atoms with Gasteiger partial charge in [0.15, 0.2) is 0 Å². The van der Waals surface area contributed by atoms with Crippen LogP contribution in [0.2, 0.25) is 0 Å². The van der Waals surface area contributed by atoms with Crippen molar-refractivity contribution in [3.8, 4) is 11.4 Å². The highest BCUT2D eigenvalue weighted by Crippen LogP contribution is 2.23. The molecular weight excluding hydrogens is 332 g/mol. The second kappa shape index (κ2) is 6.15. The van der Waals surface area contributed by atoms with Gasteiger partial charge in [-0.25, -0.2) is 9.36 Å². The summed E-state index contributed by atoms with van der Waals surface area (Å²) in [5.41, 5.74) is 1.98. The molecule has 0 unspecified atom stereocenters. The van der Waals surface area contributed by atoms with Gasteiger partial charge in [0, 0.05) is 10.8 Å². The summed E-state index contributed by atoms with van der Waals surface area (Å²) in [6.07, 6.45) is 0. The molecular formula is C20H14N2S2. The number of fused-ring (bicyclic) bond motifs is 1. The van der Waals surface area contributed by atoms with E-state index in [2.05, 4.69) is 0 Å². The molecule has 0 aliphatic heterocycles. The van der Waals surface area contributed by atoms with Gasteiger partial charge in [-0.2, -0.15) is 0 Å². The van der Waals surface area contributed by atoms with E-state index in [4.69, 9.17) is 24.4 Å². The van der Waals surface area contributed by atoms with Gasteiger partial charge in [-0.15, -0.1) is 0 Å². The topological polar surface area (TPSA) is 9.86 Å². The van der Waals surface area contributed by atoms with Gasteiger partial charge >= 0.3 is 0 Å². The lowest BCUT2D eigenvalue weighted by Crippen LogP contribution is -2.15. The van der Waals surface area contributed by atoms with Crippen LogP contribution >= 0.6 is 24.4 Å². The van der Waals surface area contributed by atoms with Crippen LogP contribution in [-0.2, 0) is 0 Å². The molecule has 1 heterocycles. The third kappa shape index (κ3) is 2.40. The van der Waals surface area contributed by atoms with Crippen molar-refractivity contribution in [3.63, 3.8) is 0 Å². The average Bonchev–Trinajstić information content (AvgIpc) is 2.66. The molecule has 0 spiro atoms. The number of nitrogens with zero attached hydrogens (tertiary/aromatic N) is 2. The lowest BCUT2D eigenvalue weighted by Gasteiger charge is -2.19. The van der Waals surface area contributed by atoms with Gasteiger partial charge < -0.3 is 0 Å². The fourth-order valence-corrected chi connectivity index (χ4v) is 3.60. The molecule has 0 saturated carbocycles. The van der Waals surface area contributed by atoms with Crippen molar-refractivity contribution in [1.29, 1.82) is 0 Å². The van der Waals surface area contributed by atoms with Gasteiger partial charge in [-0.1, -0.05) is 85.1 Å². The number of aromatic nitrogens is 2. The third-order valence-corrected chi connectivity index (χ3v) is 4.76. The SMILES string of the molecule is S=c1c2ccccc2c(=S)n(-c2ccccc2)n1-c1ccccc1. The monoisotopic (exact) mass is 346 g/mol. The summed E-state index contributed by atoms with van der Waals surface area (Å²) in [4.78, 5) is 0. The largest absolute Gasteiger partial charge is 0.237 e. The third-order valence-electron chi connectivity index (χ3n) is 3.97. The van der Waals surface area contributed by atoms with E-state index >= 15 is 0 Å². The van der Waals surface area contributed by atoms with E-state index < -0.39 is 0 Å². The molecule has 24 heavy (non-hydrogen) atoms. The molecule has 4 aromatic rings. The van der Waals surface area contributed by atoms with E-state index in [1.807, 2.05) is 94.3 Å². The Morgan fingerprint density at radius 2 is 0.792 bits per heavy atom. The van der Waals surface area contributed by atoms with Crippen LogP contribution in [0.4, 0.5) is 0 Å². The smallest absolute Gasteiger partial charge is 0.134 e. The second-order valence-electron chi connectivity index (χ2n) is 5.45. The minimum Gasteiger partial charge on any atom is -0.237 e. The van der Waals surface area contributed by atoms with Crippen molar-refractivity contribution in [1.82, 2.24) is 9.36 Å². The number of benzene rings is 3. The molecule has 0 aliphatic carbocycles. The van der Waals surface area contributed by atoms with Crippen LogP contribution in [0.25, 0.3) is 22.1 Å². The van der Waals surface area contributed by atoms with Crippen molar-refractivity contribution in [3.05, 3.63) is 94.2 Å². The first-order valence-corrected chi connectivity index (χ1v) is 8.47. The molecule has 0 bridgehead atoms. The Kier molecular flexibility index (Phi) is 3.84. The second-order valence-corrected chi connectivity index (χ2v) is 6.22. The Labute approximate surface area is 150 Å². The summed E-state index contributed by atoms with van der Waals surface area (Å²) in [5.74, 6) is 0. The molecule has 1 aromatic heterocycles. The van der Waals surface area contributed by atoms with Crippen LogP contribution in [0.5, 0.6) is 0 Å². The molecule has 4 rings (SSSR count). The van der Waals surface area contributed by atoms with Gasteiger partial charge in [0.2, 0.25) is 0 Å². The zero-order chi connectivity index (χ0) is 16.5. The summed E-state index contributed by atoms with van der Waals surface area (Å²) in [7, 11) is 0. The number of rotatable bonds is 2. The van der Waals surface area contributed by atoms with Crippen molar-refractivity contribution in [2.45, 2.75) is 0 Å². The van der Waals surface area contributed by atoms with E-state index in [9.17, 15) is 0 Å². The van der Waals surface area contributed by atoms with Crippen LogP contribution in [0.3, 0.4) is 0 Å². The summed E-state index contributed by atoms with van der Waals surface area (Å²) < 4.78 is 5.51. The van der Waals surface area contributed by atoms with Crippen molar-refractivity contribution >= 4 is 35.2 Å². The zero-order valence-electron chi connectivity index (χ0n) is 12.8. The molecule has 0 radical (unpaired) electrons. The lowest BCUT2D eigenvalue weighted by atomic mass is 10.2. The quantitative estimate of drug-likeness (QED) is 0.419. The standard InChI is InChI=1S/C20H14N2S2/c23-19-17-13-7-8-14-18(17)20(24)22(16-11-5-2-6-12-16)21(19)15-9-3-1-4-10-15/h1-14H. The highest BCUT2D eigenvalue weighted by molar-refractivity contribution is 7.72. The predicted octanol–water partition coefficient (Wildman–Crippen LogP) is 5.88. The van der Waals surface area contributed by atoms with Crippen molar-refractivity contribution in [2.24, 2.45) is 0 Å². The zero-order valence-corrected chi connectivity index (χ0v) is 14.4. The minimum atomic E-state index is 0.745. The molecule has 116 valence electrons. The normalized spacial score (nSPS) is 10.8. The maximum Gasteiger partial charge on any atom is 0.134 e. The molecule has 0 aliphatic rings. The molecule has 0 N–H and O–H groups in total. The minimum absolute atomic E-state index is 0.745. The average molecular weight is 346 g/mol. The number of hydrogen-bond acceptors (Lipinski definition) is 2. The number of hydrogen-bond donors (Lipinski definition) is 0. The van der Waals surface area contributed by atoms with E-state index in [1.165, 1.54) is 0 Å². The Morgan fingerprint density at radius 3 is 1.17 bits per heavy atom. The Hall–Kier alpha value is -2.56. The van der Waals surface area contributed by atoms with Gasteiger partial charge in [0.25, 0.3) is 0 Å². The van der Waals surface area contributed by atoms with Crippen LogP contribution in [-0.4, -0.2) is 9.36 Å². The Balaban J connectivity index is 2.23. The lowest BCUT2D eigenvalue weighted by molar-refractivity contribution is 0.704. The summed E-state index contributed by atoms with van der Waals surface area (Å²) in [6, 6.07) is 28.2. The van der Waals surface area contributed by atoms with Gasteiger partial charge in [0.05, 0.1) is 11.4 Å². The van der Waals surface area contributed by atoms with Gasteiger partial charge in [0.1, 0.15) is 9.28 Å². The number of para-hydroxylation sites is 2. The van der Waals surface area contributed by atoms with E-state index in [0.717, 1.165) is 31.4 Å². The molecule has 2 nitrogen and oxygen atoms in total.